The van der Waals surface area contributed by atoms with Crippen LogP contribution in [0.5, 0.6) is 0 Å². The van der Waals surface area contributed by atoms with Crippen molar-refractivity contribution in [3.05, 3.63) is 35.9 Å². The van der Waals surface area contributed by atoms with Gasteiger partial charge < -0.3 is 10.4 Å². The van der Waals surface area contributed by atoms with E-state index in [1.807, 2.05) is 44.2 Å². The van der Waals surface area contributed by atoms with Crippen molar-refractivity contribution < 1.29 is 14.7 Å². The highest BCUT2D eigenvalue weighted by Gasteiger charge is 2.44. The third kappa shape index (κ3) is 3.33. The molecule has 2 N–H and O–H groups in total. The van der Waals surface area contributed by atoms with Gasteiger partial charge in [-0.25, -0.2) is 0 Å². The van der Waals surface area contributed by atoms with Crippen LogP contribution in [0.3, 0.4) is 0 Å². The molecule has 0 aromatic heterocycles. The maximum absolute atomic E-state index is 12.0. The lowest BCUT2D eigenvalue weighted by atomic mass is 9.92. The number of thioether (sulfide) groups is 1. The molecule has 1 aromatic carbocycles. The van der Waals surface area contributed by atoms with Gasteiger partial charge in [-0.3, -0.25) is 9.59 Å². The van der Waals surface area contributed by atoms with Crippen LogP contribution >= 0.6 is 11.8 Å². The number of nitrogens with one attached hydrogen (secondary N) is 1. The van der Waals surface area contributed by atoms with E-state index >= 15 is 0 Å². The van der Waals surface area contributed by atoms with E-state index in [0.717, 1.165) is 5.56 Å². The molecule has 2 rings (SSSR count). The molecule has 1 amide bonds. The van der Waals surface area contributed by atoms with Crippen molar-refractivity contribution in [2.75, 3.05) is 0 Å². The van der Waals surface area contributed by atoms with Gasteiger partial charge in [-0.2, -0.15) is 0 Å². The van der Waals surface area contributed by atoms with E-state index in [1.165, 1.54) is 11.8 Å². The standard InChI is InChI=1S/C15H19NO3S/c1-9-10(2)20-14(13(9)15(18)19)16-12(17)8-11-6-4-3-5-7-11/h3-7,9-10,13-14H,8H2,1-2H3,(H,16,17)(H,18,19). The Bertz CT molecular complexity index is 491. The van der Waals surface area contributed by atoms with Crippen LogP contribution < -0.4 is 5.32 Å². The molecule has 0 aliphatic carbocycles. The molecular formula is C15H19NO3S. The molecule has 4 atom stereocenters. The van der Waals surface area contributed by atoms with Crippen molar-refractivity contribution in [3.8, 4) is 0 Å². The second kappa shape index (κ2) is 6.31. The van der Waals surface area contributed by atoms with Crippen molar-refractivity contribution >= 4 is 23.6 Å². The van der Waals surface area contributed by atoms with Crippen molar-refractivity contribution in [1.29, 1.82) is 0 Å². The second-order valence-corrected chi connectivity index (χ2v) is 6.74. The molecule has 0 spiro atoms. The number of carbonyl (C=O) groups is 2. The van der Waals surface area contributed by atoms with Crippen molar-refractivity contribution in [1.82, 2.24) is 5.32 Å². The normalized spacial score (nSPS) is 29.1. The van der Waals surface area contributed by atoms with Crippen LogP contribution in [0.4, 0.5) is 0 Å². The molecule has 0 radical (unpaired) electrons. The van der Waals surface area contributed by atoms with E-state index in [2.05, 4.69) is 5.32 Å². The first-order valence-corrected chi connectivity index (χ1v) is 7.65. The van der Waals surface area contributed by atoms with Crippen LogP contribution in [0.15, 0.2) is 30.3 Å². The first-order chi connectivity index (χ1) is 9.49. The lowest BCUT2D eigenvalue weighted by molar-refractivity contribution is -0.143. The Labute approximate surface area is 123 Å². The van der Waals surface area contributed by atoms with Crippen LogP contribution in [0.25, 0.3) is 0 Å². The fraction of sp³-hybridized carbons (Fsp3) is 0.467. The van der Waals surface area contributed by atoms with Crippen molar-refractivity contribution in [3.63, 3.8) is 0 Å². The summed E-state index contributed by atoms with van der Waals surface area (Å²) in [5.74, 6) is -1.42. The zero-order valence-electron chi connectivity index (χ0n) is 11.6. The summed E-state index contributed by atoms with van der Waals surface area (Å²) in [6.07, 6.45) is 0.285. The summed E-state index contributed by atoms with van der Waals surface area (Å²) < 4.78 is 0. The van der Waals surface area contributed by atoms with Gasteiger partial charge in [0.1, 0.15) is 0 Å². The fourth-order valence-electron chi connectivity index (χ4n) is 2.48. The Morgan fingerprint density at radius 2 is 1.90 bits per heavy atom. The van der Waals surface area contributed by atoms with Crippen molar-refractivity contribution in [2.45, 2.75) is 30.9 Å². The van der Waals surface area contributed by atoms with Crippen LogP contribution in [-0.2, 0) is 16.0 Å². The molecule has 1 aliphatic rings. The third-order valence-electron chi connectivity index (χ3n) is 3.79. The van der Waals surface area contributed by atoms with Gasteiger partial charge in [0, 0.05) is 5.25 Å². The topological polar surface area (TPSA) is 66.4 Å². The van der Waals surface area contributed by atoms with Gasteiger partial charge in [0.15, 0.2) is 0 Å². The SMILES string of the molecule is CC1SC(NC(=O)Cc2ccccc2)C(C(=O)O)C1C. The van der Waals surface area contributed by atoms with Gasteiger partial charge in [0.25, 0.3) is 0 Å². The summed E-state index contributed by atoms with van der Waals surface area (Å²) in [5.41, 5.74) is 0.931. The number of hydrogen-bond donors (Lipinski definition) is 2. The monoisotopic (exact) mass is 293 g/mol. The first-order valence-electron chi connectivity index (χ1n) is 6.70. The minimum Gasteiger partial charge on any atom is -0.481 e. The third-order valence-corrected chi connectivity index (χ3v) is 5.35. The Kier molecular flexibility index (Phi) is 4.70. The highest BCUT2D eigenvalue weighted by Crippen LogP contribution is 2.41. The first kappa shape index (κ1) is 14.9. The summed E-state index contributed by atoms with van der Waals surface area (Å²) in [7, 11) is 0. The van der Waals surface area contributed by atoms with Gasteiger partial charge >= 0.3 is 5.97 Å². The second-order valence-electron chi connectivity index (χ2n) is 5.21. The number of rotatable bonds is 4. The number of carboxylic acids is 1. The predicted octanol–water partition coefficient (Wildman–Crippen LogP) is 2.14. The van der Waals surface area contributed by atoms with E-state index < -0.39 is 11.9 Å². The van der Waals surface area contributed by atoms with Gasteiger partial charge in [-0.1, -0.05) is 44.2 Å². The molecule has 4 nitrogen and oxygen atoms in total. The Balaban J connectivity index is 1.98. The average Bonchev–Trinajstić information content (AvgIpc) is 2.65. The molecule has 108 valence electrons. The van der Waals surface area contributed by atoms with E-state index in [9.17, 15) is 14.7 Å². The molecule has 1 heterocycles. The predicted molar refractivity (Wildman–Crippen MR) is 79.4 cm³/mol. The Morgan fingerprint density at radius 1 is 1.25 bits per heavy atom. The number of carboxylic acid groups (broad SMARTS) is 1. The zero-order valence-corrected chi connectivity index (χ0v) is 12.4. The average molecular weight is 293 g/mol. The van der Waals surface area contributed by atoms with Crippen molar-refractivity contribution in [2.24, 2.45) is 11.8 Å². The van der Waals surface area contributed by atoms with Gasteiger partial charge in [0.2, 0.25) is 5.91 Å². The van der Waals surface area contributed by atoms with Gasteiger partial charge in [0.05, 0.1) is 17.7 Å². The minimum atomic E-state index is -0.834. The lowest BCUT2D eigenvalue weighted by Crippen LogP contribution is -2.40. The van der Waals surface area contributed by atoms with E-state index in [0.29, 0.717) is 0 Å². The molecule has 4 unspecified atom stereocenters. The lowest BCUT2D eigenvalue weighted by Gasteiger charge is -2.19. The van der Waals surface area contributed by atoms with Crippen LogP contribution in [0, 0.1) is 11.8 Å². The molecule has 1 saturated heterocycles. The van der Waals surface area contributed by atoms with Crippen LogP contribution in [0.2, 0.25) is 0 Å². The van der Waals surface area contributed by atoms with E-state index in [-0.39, 0.29) is 28.9 Å². The Morgan fingerprint density at radius 3 is 2.50 bits per heavy atom. The van der Waals surface area contributed by atoms with E-state index in [4.69, 9.17) is 0 Å². The molecule has 5 heteroatoms. The number of benzene rings is 1. The molecule has 0 saturated carbocycles. The number of hydrogen-bond acceptors (Lipinski definition) is 3. The minimum absolute atomic E-state index is 0.0551. The highest BCUT2D eigenvalue weighted by atomic mass is 32.2. The quantitative estimate of drug-likeness (QED) is 0.892. The molecular weight excluding hydrogens is 274 g/mol. The summed E-state index contributed by atoms with van der Waals surface area (Å²) in [5, 5.41) is 12.1. The van der Waals surface area contributed by atoms with Gasteiger partial charge in [-0.15, -0.1) is 11.8 Å². The number of carbonyl (C=O) groups excluding carboxylic acids is 1. The maximum Gasteiger partial charge on any atom is 0.309 e. The van der Waals surface area contributed by atoms with Crippen LogP contribution in [-0.4, -0.2) is 27.6 Å². The summed E-state index contributed by atoms with van der Waals surface area (Å²) in [4.78, 5) is 23.4. The number of amides is 1. The molecule has 1 aromatic rings. The summed E-state index contributed by atoms with van der Waals surface area (Å²) >= 11 is 1.54. The zero-order chi connectivity index (χ0) is 14.7. The largest absolute Gasteiger partial charge is 0.481 e. The maximum atomic E-state index is 12.0. The molecule has 1 fully saturated rings. The highest BCUT2D eigenvalue weighted by molar-refractivity contribution is 8.00. The van der Waals surface area contributed by atoms with Crippen LogP contribution in [0.1, 0.15) is 19.4 Å². The van der Waals surface area contributed by atoms with Gasteiger partial charge in [-0.05, 0) is 11.5 Å². The number of aliphatic carboxylic acids is 1. The summed E-state index contributed by atoms with van der Waals surface area (Å²) in [6, 6.07) is 9.45. The molecule has 0 bridgehead atoms. The fourth-order valence-corrected chi connectivity index (χ4v) is 4.09. The van der Waals surface area contributed by atoms with E-state index in [1.54, 1.807) is 0 Å². The summed E-state index contributed by atoms with van der Waals surface area (Å²) in [6.45, 7) is 3.94. The Hall–Kier alpha value is -1.49. The molecule has 1 aliphatic heterocycles. The molecule has 20 heavy (non-hydrogen) atoms. The smallest absolute Gasteiger partial charge is 0.309 e.